The number of nitrogens with zero attached hydrogens (tertiary/aromatic N) is 3. The Labute approximate surface area is 153 Å². The van der Waals surface area contributed by atoms with Gasteiger partial charge in [-0.2, -0.15) is 4.98 Å². The molecule has 0 saturated heterocycles. The zero-order chi connectivity index (χ0) is 18.5. The first-order valence-corrected chi connectivity index (χ1v) is 8.83. The van der Waals surface area contributed by atoms with Crippen molar-refractivity contribution >= 4 is 11.6 Å². The highest BCUT2D eigenvalue weighted by molar-refractivity contribution is 5.93. The number of anilines is 1. The smallest absolute Gasteiger partial charge is 0.227 e. The molecule has 5 heteroatoms. The summed E-state index contributed by atoms with van der Waals surface area (Å²) in [4.78, 5) is 18.8. The molecule has 3 aromatic rings. The number of hydrogen-bond acceptors (Lipinski definition) is 4. The van der Waals surface area contributed by atoms with E-state index in [1.165, 1.54) is 5.56 Å². The summed E-state index contributed by atoms with van der Waals surface area (Å²) < 4.78 is 5.31. The zero-order valence-electron chi connectivity index (χ0n) is 15.4. The Morgan fingerprint density at radius 2 is 1.85 bits per heavy atom. The molecule has 0 bridgehead atoms. The minimum Gasteiger partial charge on any atom is -0.339 e. The summed E-state index contributed by atoms with van der Waals surface area (Å²) in [6.07, 6.45) is 0.761. The highest BCUT2D eigenvalue weighted by Crippen LogP contribution is 2.19. The van der Waals surface area contributed by atoms with E-state index in [-0.39, 0.29) is 5.91 Å². The lowest BCUT2D eigenvalue weighted by Crippen LogP contribution is -2.30. The average Bonchev–Trinajstić information content (AvgIpc) is 3.10. The van der Waals surface area contributed by atoms with Crippen molar-refractivity contribution in [3.05, 3.63) is 65.5 Å². The van der Waals surface area contributed by atoms with Gasteiger partial charge in [-0.25, -0.2) is 0 Å². The maximum absolute atomic E-state index is 12.6. The number of carbonyl (C=O) groups excluding carboxylic acids is 1. The summed E-state index contributed by atoms with van der Waals surface area (Å²) in [6, 6.07) is 15.9. The monoisotopic (exact) mass is 349 g/mol. The molecule has 134 valence electrons. The number of aromatic nitrogens is 2. The molecule has 1 aromatic heterocycles. The van der Waals surface area contributed by atoms with Crippen molar-refractivity contribution in [2.24, 2.45) is 0 Å². The molecule has 1 amide bonds. The number of rotatable bonds is 6. The lowest BCUT2D eigenvalue weighted by atomic mass is 10.1. The van der Waals surface area contributed by atoms with Gasteiger partial charge in [-0.3, -0.25) is 4.79 Å². The molecule has 0 saturated carbocycles. The number of amides is 1. The van der Waals surface area contributed by atoms with E-state index in [4.69, 9.17) is 4.52 Å². The Balaban J connectivity index is 1.65. The van der Waals surface area contributed by atoms with Crippen molar-refractivity contribution in [3.63, 3.8) is 0 Å². The van der Waals surface area contributed by atoms with Gasteiger partial charge in [-0.1, -0.05) is 47.1 Å². The predicted molar refractivity (Wildman–Crippen MR) is 102 cm³/mol. The van der Waals surface area contributed by atoms with Crippen LogP contribution in [0.5, 0.6) is 0 Å². The molecule has 1 heterocycles. The van der Waals surface area contributed by atoms with Crippen LogP contribution in [-0.4, -0.2) is 22.6 Å². The molecule has 3 rings (SSSR count). The fourth-order valence-electron chi connectivity index (χ4n) is 2.82. The third-order valence-electron chi connectivity index (χ3n) is 4.26. The van der Waals surface area contributed by atoms with Crippen LogP contribution in [0.4, 0.5) is 5.69 Å². The highest BCUT2D eigenvalue weighted by Gasteiger charge is 2.16. The van der Waals surface area contributed by atoms with Gasteiger partial charge in [-0.15, -0.1) is 0 Å². The van der Waals surface area contributed by atoms with Gasteiger partial charge in [0.2, 0.25) is 17.6 Å². The molecule has 5 nitrogen and oxygen atoms in total. The maximum atomic E-state index is 12.6. The molecule has 0 N–H and O–H groups in total. The fraction of sp³-hybridized carbons (Fsp3) is 0.286. The molecule has 0 aliphatic carbocycles. The Bertz CT molecular complexity index is 884. The van der Waals surface area contributed by atoms with Crippen LogP contribution >= 0.6 is 0 Å². The maximum Gasteiger partial charge on any atom is 0.227 e. The first-order valence-electron chi connectivity index (χ1n) is 8.83. The molecule has 0 aliphatic rings. The molecular formula is C21H23N3O2. The molecule has 26 heavy (non-hydrogen) atoms. The molecule has 0 fully saturated rings. The first-order chi connectivity index (χ1) is 12.6. The number of carbonyl (C=O) groups is 1. The summed E-state index contributed by atoms with van der Waals surface area (Å²) in [7, 11) is 0. The summed E-state index contributed by atoms with van der Waals surface area (Å²) in [5.41, 5.74) is 4.14. The zero-order valence-corrected chi connectivity index (χ0v) is 15.4. The Morgan fingerprint density at radius 1 is 1.08 bits per heavy atom. The van der Waals surface area contributed by atoms with Crippen molar-refractivity contribution in [2.45, 2.75) is 33.6 Å². The lowest BCUT2D eigenvalue weighted by Gasteiger charge is -2.21. The molecule has 0 unspecified atom stereocenters. The van der Waals surface area contributed by atoms with Crippen LogP contribution in [0.1, 0.15) is 30.4 Å². The second kappa shape index (κ2) is 7.95. The van der Waals surface area contributed by atoms with Gasteiger partial charge in [0.1, 0.15) is 0 Å². The van der Waals surface area contributed by atoms with Crippen LogP contribution in [0.15, 0.2) is 53.1 Å². The Morgan fingerprint density at radius 3 is 2.54 bits per heavy atom. The SMILES string of the molecule is CCN(C(=O)CCc1nc(-c2ccc(C)cc2)no1)c1cccc(C)c1. The van der Waals surface area contributed by atoms with E-state index in [0.29, 0.717) is 31.1 Å². The summed E-state index contributed by atoms with van der Waals surface area (Å²) in [5, 5.41) is 4.02. The number of benzene rings is 2. The van der Waals surface area contributed by atoms with Crippen molar-refractivity contribution in [1.29, 1.82) is 0 Å². The molecule has 0 aliphatic heterocycles. The van der Waals surface area contributed by atoms with Crippen molar-refractivity contribution in [2.75, 3.05) is 11.4 Å². The van der Waals surface area contributed by atoms with Crippen LogP contribution in [0.25, 0.3) is 11.4 Å². The molecule has 2 aromatic carbocycles. The van der Waals surface area contributed by atoms with E-state index >= 15 is 0 Å². The highest BCUT2D eigenvalue weighted by atomic mass is 16.5. The van der Waals surface area contributed by atoms with Crippen LogP contribution in [0.3, 0.4) is 0 Å². The number of hydrogen-bond donors (Lipinski definition) is 0. The van der Waals surface area contributed by atoms with E-state index in [1.54, 1.807) is 4.90 Å². The van der Waals surface area contributed by atoms with Crippen molar-refractivity contribution < 1.29 is 9.32 Å². The third-order valence-corrected chi connectivity index (χ3v) is 4.26. The predicted octanol–water partition coefficient (Wildman–Crippen LogP) is 4.34. The number of aryl methyl sites for hydroxylation is 3. The van der Waals surface area contributed by atoms with Gasteiger partial charge in [0.15, 0.2) is 0 Å². The van der Waals surface area contributed by atoms with E-state index in [9.17, 15) is 4.79 Å². The van der Waals surface area contributed by atoms with E-state index in [2.05, 4.69) is 10.1 Å². The van der Waals surface area contributed by atoms with Crippen LogP contribution in [-0.2, 0) is 11.2 Å². The van der Waals surface area contributed by atoms with Gasteiger partial charge >= 0.3 is 0 Å². The minimum atomic E-state index is 0.0492. The van der Waals surface area contributed by atoms with Crippen molar-refractivity contribution in [1.82, 2.24) is 10.1 Å². The fourth-order valence-corrected chi connectivity index (χ4v) is 2.82. The largest absolute Gasteiger partial charge is 0.339 e. The van der Waals surface area contributed by atoms with Crippen molar-refractivity contribution in [3.8, 4) is 11.4 Å². The van der Waals surface area contributed by atoms with Gasteiger partial charge in [0, 0.05) is 30.6 Å². The van der Waals surface area contributed by atoms with E-state index in [1.807, 2.05) is 69.3 Å². The Kier molecular flexibility index (Phi) is 5.46. The average molecular weight is 349 g/mol. The molecule has 0 atom stereocenters. The third kappa shape index (κ3) is 4.17. The van der Waals surface area contributed by atoms with Gasteiger partial charge in [-0.05, 0) is 38.5 Å². The quantitative estimate of drug-likeness (QED) is 0.664. The first kappa shape index (κ1) is 17.9. The minimum absolute atomic E-state index is 0.0492. The second-order valence-electron chi connectivity index (χ2n) is 6.35. The van der Waals surface area contributed by atoms with E-state index in [0.717, 1.165) is 16.8 Å². The second-order valence-corrected chi connectivity index (χ2v) is 6.35. The molecular weight excluding hydrogens is 326 g/mol. The topological polar surface area (TPSA) is 59.2 Å². The van der Waals surface area contributed by atoms with Crippen LogP contribution in [0, 0.1) is 13.8 Å². The van der Waals surface area contributed by atoms with Gasteiger partial charge < -0.3 is 9.42 Å². The molecule has 0 spiro atoms. The van der Waals surface area contributed by atoms with Crippen LogP contribution < -0.4 is 4.90 Å². The van der Waals surface area contributed by atoms with Crippen LogP contribution in [0.2, 0.25) is 0 Å². The summed E-state index contributed by atoms with van der Waals surface area (Å²) in [5.74, 6) is 1.08. The van der Waals surface area contributed by atoms with E-state index < -0.39 is 0 Å². The Hall–Kier alpha value is -2.95. The van der Waals surface area contributed by atoms with Gasteiger partial charge in [0.05, 0.1) is 0 Å². The molecule has 0 radical (unpaired) electrons. The normalized spacial score (nSPS) is 10.7. The summed E-state index contributed by atoms with van der Waals surface area (Å²) in [6.45, 7) is 6.65. The standard InChI is InChI=1S/C21H23N3O2/c1-4-24(18-7-5-6-16(3)14-18)20(25)13-12-19-22-21(23-26-19)17-10-8-15(2)9-11-17/h5-11,14H,4,12-13H2,1-3H3. The summed E-state index contributed by atoms with van der Waals surface area (Å²) >= 11 is 0. The van der Waals surface area contributed by atoms with Gasteiger partial charge in [0.25, 0.3) is 0 Å². The lowest BCUT2D eigenvalue weighted by molar-refractivity contribution is -0.118.